The van der Waals surface area contributed by atoms with Crippen LogP contribution in [-0.2, 0) is 0 Å². The molecule has 0 aromatic heterocycles. The third-order valence-corrected chi connectivity index (χ3v) is 3.37. The van der Waals surface area contributed by atoms with Gasteiger partial charge in [0.25, 0.3) is 0 Å². The van der Waals surface area contributed by atoms with E-state index in [4.69, 9.17) is 20.4 Å². The fourth-order valence-corrected chi connectivity index (χ4v) is 1.94. The molecule has 0 saturated heterocycles. The van der Waals surface area contributed by atoms with Gasteiger partial charge in [-0.1, -0.05) is 60.0 Å². The number of aromatic hydroxyl groups is 1. The predicted molar refractivity (Wildman–Crippen MR) is 107 cm³/mol. The Morgan fingerprint density at radius 1 is 0.548 bits per heavy atom. The van der Waals surface area contributed by atoms with Crippen LogP contribution in [0.2, 0.25) is 0 Å². The molecule has 0 aliphatic carbocycles. The van der Waals surface area contributed by atoms with Crippen LogP contribution >= 0.6 is 0 Å². The fourth-order valence-electron chi connectivity index (χ4n) is 1.94. The Balaban J connectivity index is 0.000000429. The molecule has 0 radical (unpaired) electrons. The summed E-state index contributed by atoms with van der Waals surface area (Å²) in [6.07, 6.45) is 0. The Morgan fingerprint density at radius 3 is 1.06 bits per heavy atom. The van der Waals surface area contributed by atoms with Crippen LogP contribution in [0.25, 0.3) is 0 Å². The SMILES string of the molecule is O=C(O)c1ccccc1O.O=C(O)c1ccccc1[O-].O=C(O)c1ccccc1[O-].[Mg+2]. The van der Waals surface area contributed by atoms with E-state index in [-0.39, 0.29) is 45.5 Å². The molecule has 0 aliphatic rings. The van der Waals surface area contributed by atoms with Crippen LogP contribution in [0.3, 0.4) is 0 Å². The first-order valence-corrected chi connectivity index (χ1v) is 8.15. The molecule has 156 valence electrons. The number of carboxylic acids is 3. The summed E-state index contributed by atoms with van der Waals surface area (Å²) in [5.41, 5.74) is -0.424. The molecule has 0 aliphatic heterocycles. The molecular weight excluding hydrogens is 421 g/mol. The van der Waals surface area contributed by atoms with E-state index in [1.54, 1.807) is 12.1 Å². The van der Waals surface area contributed by atoms with Crippen LogP contribution in [0, 0.1) is 0 Å². The van der Waals surface area contributed by atoms with Crippen molar-refractivity contribution in [3.05, 3.63) is 89.5 Å². The zero-order valence-electron chi connectivity index (χ0n) is 16.0. The summed E-state index contributed by atoms with van der Waals surface area (Å²) in [6, 6.07) is 16.9. The molecule has 0 unspecified atom stereocenters. The number of aromatic carboxylic acids is 3. The fraction of sp³-hybridized carbons (Fsp3) is 0. The number of carbonyl (C=O) groups is 3. The Kier molecular flexibility index (Phi) is 11.8. The van der Waals surface area contributed by atoms with Gasteiger partial charge in [0.15, 0.2) is 0 Å². The molecule has 0 amide bonds. The molecule has 0 bridgehead atoms. The van der Waals surface area contributed by atoms with E-state index in [1.165, 1.54) is 60.7 Å². The number of hydrogen-bond acceptors (Lipinski definition) is 6. The van der Waals surface area contributed by atoms with Crippen LogP contribution in [0.5, 0.6) is 17.2 Å². The van der Waals surface area contributed by atoms with Crippen LogP contribution in [0.1, 0.15) is 31.1 Å². The van der Waals surface area contributed by atoms with Gasteiger partial charge in [-0.05, 0) is 24.3 Å². The summed E-state index contributed by atoms with van der Waals surface area (Å²) in [6.45, 7) is 0. The van der Waals surface area contributed by atoms with Crippen molar-refractivity contribution in [2.24, 2.45) is 0 Å². The largest absolute Gasteiger partial charge is 2.00 e. The quantitative estimate of drug-likeness (QED) is 0.444. The monoisotopic (exact) mass is 436 g/mol. The molecule has 0 saturated carbocycles. The first-order chi connectivity index (χ1) is 14.1. The number of rotatable bonds is 3. The maximum absolute atomic E-state index is 10.7. The zero-order valence-corrected chi connectivity index (χ0v) is 17.4. The Morgan fingerprint density at radius 2 is 0.839 bits per heavy atom. The number of benzene rings is 3. The topological polar surface area (TPSA) is 178 Å². The summed E-state index contributed by atoms with van der Waals surface area (Å²) in [4.78, 5) is 30.7. The molecule has 3 rings (SSSR count). The molecule has 31 heavy (non-hydrogen) atoms. The summed E-state index contributed by atoms with van der Waals surface area (Å²) < 4.78 is 0. The molecule has 9 nitrogen and oxygen atoms in total. The van der Waals surface area contributed by atoms with Crippen molar-refractivity contribution in [1.29, 1.82) is 0 Å². The summed E-state index contributed by atoms with van der Waals surface area (Å²) in [5, 5.41) is 55.4. The van der Waals surface area contributed by atoms with Crippen molar-refractivity contribution in [2.45, 2.75) is 0 Å². The van der Waals surface area contributed by atoms with Gasteiger partial charge in [-0.15, -0.1) is 0 Å². The van der Waals surface area contributed by atoms with Crippen molar-refractivity contribution in [1.82, 2.24) is 0 Å². The average molecular weight is 437 g/mol. The second-order valence-corrected chi connectivity index (χ2v) is 5.42. The van der Waals surface area contributed by atoms with E-state index >= 15 is 0 Å². The van der Waals surface area contributed by atoms with E-state index in [0.717, 1.165) is 0 Å². The van der Waals surface area contributed by atoms with Gasteiger partial charge in [-0.3, -0.25) is 0 Å². The normalized spacial score (nSPS) is 8.90. The summed E-state index contributed by atoms with van der Waals surface area (Å²) >= 11 is 0. The molecule has 0 heterocycles. The van der Waals surface area contributed by atoms with Crippen molar-refractivity contribution < 1.29 is 45.0 Å². The minimum Gasteiger partial charge on any atom is -0.872 e. The Hall–Kier alpha value is -3.76. The summed E-state index contributed by atoms with van der Waals surface area (Å²) in [5.74, 6) is -4.56. The van der Waals surface area contributed by atoms with Gasteiger partial charge in [-0.2, -0.15) is 0 Å². The minimum atomic E-state index is -1.18. The molecule has 3 aromatic rings. The number of hydrogen-bond donors (Lipinski definition) is 4. The van der Waals surface area contributed by atoms with Gasteiger partial charge < -0.3 is 30.6 Å². The van der Waals surface area contributed by atoms with Gasteiger partial charge in [-0.25, -0.2) is 14.4 Å². The minimum absolute atomic E-state index is 0. The van der Waals surface area contributed by atoms with E-state index in [2.05, 4.69) is 0 Å². The molecular formula is C21H16MgO9. The van der Waals surface area contributed by atoms with Gasteiger partial charge in [0.1, 0.15) is 11.3 Å². The first-order valence-electron chi connectivity index (χ1n) is 8.15. The maximum atomic E-state index is 10.7. The molecule has 4 N–H and O–H groups in total. The van der Waals surface area contributed by atoms with E-state index in [1.807, 2.05) is 0 Å². The second kappa shape index (κ2) is 13.5. The Bertz CT molecular complexity index is 903. The first kappa shape index (κ1) is 27.2. The van der Waals surface area contributed by atoms with Gasteiger partial charge >= 0.3 is 41.0 Å². The van der Waals surface area contributed by atoms with Gasteiger partial charge in [0.05, 0.1) is 11.1 Å². The van der Waals surface area contributed by atoms with Crippen LogP contribution in [0.4, 0.5) is 0 Å². The molecule has 0 fully saturated rings. The third-order valence-electron chi connectivity index (χ3n) is 3.37. The third kappa shape index (κ3) is 9.06. The van der Waals surface area contributed by atoms with Crippen molar-refractivity contribution in [2.75, 3.05) is 0 Å². The van der Waals surface area contributed by atoms with Crippen LogP contribution in [-0.4, -0.2) is 61.4 Å². The molecule has 10 heteroatoms. The molecule has 0 spiro atoms. The predicted octanol–water partition coefficient (Wildman–Crippen LogP) is 1.63. The van der Waals surface area contributed by atoms with Gasteiger partial charge in [0.2, 0.25) is 0 Å². The van der Waals surface area contributed by atoms with E-state index < -0.39 is 29.4 Å². The Labute approximate surface area is 192 Å². The van der Waals surface area contributed by atoms with Crippen LogP contribution in [0.15, 0.2) is 72.8 Å². The van der Waals surface area contributed by atoms with E-state index in [0.29, 0.717) is 0 Å². The maximum Gasteiger partial charge on any atom is 2.00 e. The van der Waals surface area contributed by atoms with Crippen LogP contribution < -0.4 is 10.2 Å². The smallest absolute Gasteiger partial charge is 0.872 e. The second-order valence-electron chi connectivity index (χ2n) is 5.42. The molecule has 0 atom stereocenters. The standard InChI is InChI=1S/3C7H6O3.Mg/c3*8-6-4-2-1-3-5(6)7(9)10;/h3*1-4,8H,(H,9,10);/q;;;+2/p-2. The average Bonchev–Trinajstić information content (AvgIpc) is 2.69. The molecule has 3 aromatic carbocycles. The van der Waals surface area contributed by atoms with E-state index in [9.17, 15) is 24.6 Å². The van der Waals surface area contributed by atoms with Crippen molar-refractivity contribution in [3.8, 4) is 17.2 Å². The van der Waals surface area contributed by atoms with Crippen molar-refractivity contribution >= 4 is 41.0 Å². The number of phenols is 1. The number of carboxylic acid groups (broad SMARTS) is 3. The van der Waals surface area contributed by atoms with Crippen molar-refractivity contribution in [3.63, 3.8) is 0 Å². The number of para-hydroxylation sites is 3. The van der Waals surface area contributed by atoms with Gasteiger partial charge in [0, 0.05) is 0 Å². The zero-order chi connectivity index (χ0) is 22.7. The summed E-state index contributed by atoms with van der Waals surface area (Å²) in [7, 11) is 0.